The van der Waals surface area contributed by atoms with E-state index >= 15 is 0 Å². The van der Waals surface area contributed by atoms with E-state index in [4.69, 9.17) is 10.5 Å². The summed E-state index contributed by atoms with van der Waals surface area (Å²) in [4.78, 5) is 14.4. The number of amides is 1. The molecule has 0 unspecified atom stereocenters. The first-order valence-corrected chi connectivity index (χ1v) is 6.75. The largest absolute Gasteiger partial charge is 0.399 e. The molecular formula is C14H18N4O2. The van der Waals surface area contributed by atoms with Crippen LogP contribution in [0.15, 0.2) is 18.2 Å². The fourth-order valence-electron chi connectivity index (χ4n) is 2.60. The van der Waals surface area contributed by atoms with Crippen molar-refractivity contribution in [3.8, 4) is 0 Å². The van der Waals surface area contributed by atoms with Crippen molar-refractivity contribution in [3.63, 3.8) is 0 Å². The number of nitrogen functional groups attached to an aromatic ring is 1. The van der Waals surface area contributed by atoms with Crippen molar-refractivity contribution >= 4 is 22.5 Å². The minimum Gasteiger partial charge on any atom is -0.399 e. The molecule has 6 heteroatoms. The zero-order valence-electron chi connectivity index (χ0n) is 11.4. The predicted molar refractivity (Wildman–Crippen MR) is 76.4 cm³/mol. The number of carbonyl (C=O) groups is 1. The highest BCUT2D eigenvalue weighted by molar-refractivity contribution is 6.05. The van der Waals surface area contributed by atoms with Gasteiger partial charge in [-0.1, -0.05) is 0 Å². The third kappa shape index (κ3) is 2.22. The van der Waals surface area contributed by atoms with Gasteiger partial charge in [-0.05, 0) is 31.0 Å². The number of carbonyl (C=O) groups excluding carboxylic acids is 1. The van der Waals surface area contributed by atoms with Gasteiger partial charge in [0.25, 0.3) is 5.91 Å². The molecule has 1 aliphatic heterocycles. The Morgan fingerprint density at radius 3 is 2.95 bits per heavy atom. The molecule has 0 saturated carbocycles. The molecule has 3 N–H and O–H groups in total. The van der Waals surface area contributed by atoms with Gasteiger partial charge < -0.3 is 15.4 Å². The van der Waals surface area contributed by atoms with Crippen molar-refractivity contribution in [2.75, 3.05) is 26.0 Å². The second-order valence-corrected chi connectivity index (χ2v) is 5.14. The average molecular weight is 274 g/mol. The number of aromatic nitrogens is 2. The molecule has 0 radical (unpaired) electrons. The number of ether oxygens (including phenoxy) is 1. The molecule has 2 heterocycles. The Morgan fingerprint density at radius 2 is 2.20 bits per heavy atom. The number of H-pyrrole nitrogens is 1. The van der Waals surface area contributed by atoms with Crippen molar-refractivity contribution in [2.45, 2.75) is 18.9 Å². The van der Waals surface area contributed by atoms with Gasteiger partial charge in [0.2, 0.25) is 0 Å². The number of benzene rings is 1. The Bertz CT molecular complexity index is 631. The van der Waals surface area contributed by atoms with Crippen LogP contribution in [0.1, 0.15) is 23.3 Å². The minimum atomic E-state index is -0.0752. The second kappa shape index (κ2) is 5.13. The van der Waals surface area contributed by atoms with Gasteiger partial charge in [0, 0.05) is 37.4 Å². The van der Waals surface area contributed by atoms with Crippen LogP contribution in [-0.2, 0) is 4.74 Å². The number of rotatable bonds is 2. The lowest BCUT2D eigenvalue weighted by molar-refractivity contribution is 0.0360. The van der Waals surface area contributed by atoms with E-state index in [0.29, 0.717) is 24.6 Å². The molecule has 1 amide bonds. The number of fused-ring (bicyclic) bond motifs is 1. The van der Waals surface area contributed by atoms with E-state index in [0.717, 1.165) is 23.7 Å². The van der Waals surface area contributed by atoms with E-state index in [1.54, 1.807) is 17.0 Å². The summed E-state index contributed by atoms with van der Waals surface area (Å²) in [5.41, 5.74) is 7.67. The molecule has 6 nitrogen and oxygen atoms in total. The summed E-state index contributed by atoms with van der Waals surface area (Å²) in [6, 6.07) is 5.62. The quantitative estimate of drug-likeness (QED) is 0.811. The van der Waals surface area contributed by atoms with Crippen LogP contribution in [0.5, 0.6) is 0 Å². The highest BCUT2D eigenvalue weighted by Gasteiger charge is 2.26. The van der Waals surface area contributed by atoms with E-state index in [2.05, 4.69) is 10.2 Å². The first kappa shape index (κ1) is 12.9. The highest BCUT2D eigenvalue weighted by Crippen LogP contribution is 2.22. The van der Waals surface area contributed by atoms with Crippen LogP contribution in [-0.4, -0.2) is 47.3 Å². The molecule has 1 aromatic carbocycles. The van der Waals surface area contributed by atoms with Gasteiger partial charge in [-0.2, -0.15) is 5.10 Å². The molecule has 0 aliphatic carbocycles. The molecule has 0 atom stereocenters. The van der Waals surface area contributed by atoms with Crippen molar-refractivity contribution in [2.24, 2.45) is 0 Å². The van der Waals surface area contributed by atoms with Crippen molar-refractivity contribution in [1.82, 2.24) is 15.1 Å². The molecule has 106 valence electrons. The summed E-state index contributed by atoms with van der Waals surface area (Å²) in [5, 5.41) is 7.80. The molecule has 1 fully saturated rings. The highest BCUT2D eigenvalue weighted by atomic mass is 16.5. The van der Waals surface area contributed by atoms with Gasteiger partial charge in [0.1, 0.15) is 0 Å². The third-order valence-corrected chi connectivity index (χ3v) is 3.85. The lowest BCUT2D eigenvalue weighted by Gasteiger charge is -2.30. The fraction of sp³-hybridized carbons (Fsp3) is 0.429. The zero-order chi connectivity index (χ0) is 14.1. The number of nitrogens with one attached hydrogen (secondary N) is 1. The predicted octanol–water partition coefficient (Wildman–Crippen LogP) is 1.40. The van der Waals surface area contributed by atoms with E-state index in [9.17, 15) is 4.79 Å². The number of aromatic amines is 1. The van der Waals surface area contributed by atoms with Crippen LogP contribution in [0.3, 0.4) is 0 Å². The Hall–Kier alpha value is -2.08. The number of hydrogen-bond acceptors (Lipinski definition) is 4. The van der Waals surface area contributed by atoms with E-state index < -0.39 is 0 Å². The van der Waals surface area contributed by atoms with Crippen LogP contribution >= 0.6 is 0 Å². The molecule has 1 aromatic heterocycles. The lowest BCUT2D eigenvalue weighted by Crippen LogP contribution is -2.40. The van der Waals surface area contributed by atoms with Crippen LogP contribution in [0, 0.1) is 0 Å². The number of nitrogens with two attached hydrogens (primary N) is 1. The standard InChI is InChI=1S/C14H18N4O2/c1-18(10-4-6-20-7-5-10)14(19)13-11-8-9(15)2-3-12(11)16-17-13/h2-3,8,10H,4-7,15H2,1H3,(H,16,17). The van der Waals surface area contributed by atoms with Crippen molar-refractivity contribution in [1.29, 1.82) is 0 Å². The van der Waals surface area contributed by atoms with Gasteiger partial charge in [-0.15, -0.1) is 0 Å². The lowest BCUT2D eigenvalue weighted by atomic mass is 10.1. The normalized spacial score (nSPS) is 16.4. The SMILES string of the molecule is CN(C(=O)c1n[nH]c2ccc(N)cc12)C1CCOCC1. The van der Waals surface area contributed by atoms with Crippen LogP contribution in [0.4, 0.5) is 5.69 Å². The summed E-state index contributed by atoms with van der Waals surface area (Å²) in [5.74, 6) is -0.0752. The van der Waals surface area contributed by atoms with Gasteiger partial charge in [0.15, 0.2) is 5.69 Å². The Kier molecular flexibility index (Phi) is 3.31. The molecule has 0 bridgehead atoms. The Balaban J connectivity index is 1.89. The van der Waals surface area contributed by atoms with Crippen LogP contribution < -0.4 is 5.73 Å². The van der Waals surface area contributed by atoms with Crippen molar-refractivity contribution < 1.29 is 9.53 Å². The van der Waals surface area contributed by atoms with E-state index in [1.807, 2.05) is 13.1 Å². The number of hydrogen-bond donors (Lipinski definition) is 2. The van der Waals surface area contributed by atoms with Crippen LogP contribution in [0.25, 0.3) is 10.9 Å². The molecule has 1 aliphatic rings. The minimum absolute atomic E-state index is 0.0752. The zero-order valence-corrected chi connectivity index (χ0v) is 11.4. The van der Waals surface area contributed by atoms with Gasteiger partial charge in [-0.25, -0.2) is 0 Å². The topological polar surface area (TPSA) is 84.2 Å². The number of nitrogens with zero attached hydrogens (tertiary/aromatic N) is 2. The molecule has 0 spiro atoms. The first-order valence-electron chi connectivity index (χ1n) is 6.75. The number of anilines is 1. The smallest absolute Gasteiger partial charge is 0.274 e. The van der Waals surface area contributed by atoms with E-state index in [-0.39, 0.29) is 11.9 Å². The first-order chi connectivity index (χ1) is 9.66. The van der Waals surface area contributed by atoms with Gasteiger partial charge >= 0.3 is 0 Å². The Morgan fingerprint density at radius 1 is 1.45 bits per heavy atom. The summed E-state index contributed by atoms with van der Waals surface area (Å²) in [7, 11) is 1.82. The second-order valence-electron chi connectivity index (χ2n) is 5.14. The van der Waals surface area contributed by atoms with E-state index in [1.165, 1.54) is 0 Å². The maximum absolute atomic E-state index is 12.6. The summed E-state index contributed by atoms with van der Waals surface area (Å²) < 4.78 is 5.33. The summed E-state index contributed by atoms with van der Waals surface area (Å²) in [6.07, 6.45) is 1.74. The molecule has 20 heavy (non-hydrogen) atoms. The molecule has 2 aromatic rings. The summed E-state index contributed by atoms with van der Waals surface area (Å²) >= 11 is 0. The maximum Gasteiger partial charge on any atom is 0.274 e. The monoisotopic (exact) mass is 274 g/mol. The van der Waals surface area contributed by atoms with Gasteiger partial charge in [0.05, 0.1) is 5.52 Å². The third-order valence-electron chi connectivity index (χ3n) is 3.85. The fourth-order valence-corrected chi connectivity index (χ4v) is 2.60. The average Bonchev–Trinajstić information content (AvgIpc) is 2.89. The molecular weight excluding hydrogens is 256 g/mol. The molecule has 1 saturated heterocycles. The summed E-state index contributed by atoms with van der Waals surface area (Å²) in [6.45, 7) is 1.41. The maximum atomic E-state index is 12.6. The van der Waals surface area contributed by atoms with Crippen LogP contribution in [0.2, 0.25) is 0 Å². The molecule has 3 rings (SSSR count). The van der Waals surface area contributed by atoms with Gasteiger partial charge in [-0.3, -0.25) is 9.89 Å². The van der Waals surface area contributed by atoms with Crippen molar-refractivity contribution in [3.05, 3.63) is 23.9 Å². The Labute approximate surface area is 116 Å².